The molecule has 1 rings (SSSR count). The molecule has 0 aromatic heterocycles. The molecule has 0 spiro atoms. The van der Waals surface area contributed by atoms with Crippen molar-refractivity contribution in [2.24, 2.45) is 5.73 Å². The largest absolute Gasteiger partial charge is 0.342 e. The summed E-state index contributed by atoms with van der Waals surface area (Å²) in [5.74, 6) is -1.62. The maximum absolute atomic E-state index is 12.5. The van der Waals surface area contributed by atoms with Crippen LogP contribution in [0.3, 0.4) is 0 Å². The molecule has 0 saturated heterocycles. The first kappa shape index (κ1) is 11.3. The predicted molar refractivity (Wildman–Crippen MR) is 50.1 cm³/mol. The van der Waals surface area contributed by atoms with Crippen LogP contribution in [0.15, 0.2) is 24.3 Å². The topological polar surface area (TPSA) is 83.6 Å². The van der Waals surface area contributed by atoms with Gasteiger partial charge in [0, 0.05) is 0 Å². The summed E-state index contributed by atoms with van der Waals surface area (Å²) in [7, 11) is -4.25. The average molecular weight is 219 g/mol. The highest BCUT2D eigenvalue weighted by Gasteiger charge is 2.24. The lowest BCUT2D eigenvalue weighted by atomic mass is 10.1. The van der Waals surface area contributed by atoms with Crippen LogP contribution in [0.25, 0.3) is 0 Å². The molecular formula is C8H11FNO3P. The Labute approximate surface area is 80.7 Å². The third-order valence-corrected chi connectivity index (χ3v) is 2.84. The lowest BCUT2D eigenvalue weighted by Crippen LogP contribution is -2.22. The Morgan fingerprint density at radius 3 is 2.29 bits per heavy atom. The number of nitrogens with two attached hydrogens (primary N) is 1. The molecule has 0 aliphatic carbocycles. The Morgan fingerprint density at radius 1 is 1.36 bits per heavy atom. The highest BCUT2D eigenvalue weighted by atomic mass is 31.2. The quantitative estimate of drug-likeness (QED) is 0.657. The van der Waals surface area contributed by atoms with Gasteiger partial charge in [0.25, 0.3) is 0 Å². The van der Waals surface area contributed by atoms with E-state index in [1.54, 1.807) is 0 Å². The van der Waals surface area contributed by atoms with Crippen molar-refractivity contribution in [2.75, 3.05) is 0 Å². The molecule has 14 heavy (non-hydrogen) atoms. The molecule has 0 bridgehead atoms. The maximum Gasteiger partial charge on any atom is 0.342 e. The van der Waals surface area contributed by atoms with E-state index in [0.717, 1.165) is 0 Å². The Kier molecular flexibility index (Phi) is 3.39. The fourth-order valence-corrected chi connectivity index (χ4v) is 1.43. The lowest BCUT2D eigenvalue weighted by molar-refractivity contribution is 0.358. The summed E-state index contributed by atoms with van der Waals surface area (Å²) in [4.78, 5) is 17.4. The Bertz CT molecular complexity index is 348. The van der Waals surface area contributed by atoms with E-state index in [-0.39, 0.29) is 6.42 Å². The highest BCUT2D eigenvalue weighted by Crippen LogP contribution is 2.39. The van der Waals surface area contributed by atoms with Gasteiger partial charge in [0.05, 0.1) is 0 Å². The molecule has 0 unspecified atom stereocenters. The maximum atomic E-state index is 12.5. The van der Waals surface area contributed by atoms with Crippen LogP contribution in [-0.4, -0.2) is 15.6 Å². The second kappa shape index (κ2) is 4.19. The van der Waals surface area contributed by atoms with E-state index in [1.807, 2.05) is 0 Å². The number of hydrogen-bond donors (Lipinski definition) is 3. The second-order valence-electron chi connectivity index (χ2n) is 2.99. The van der Waals surface area contributed by atoms with Gasteiger partial charge in [-0.15, -0.1) is 0 Å². The first-order chi connectivity index (χ1) is 6.39. The van der Waals surface area contributed by atoms with E-state index in [1.165, 1.54) is 24.3 Å². The van der Waals surface area contributed by atoms with Crippen molar-refractivity contribution in [1.29, 1.82) is 0 Å². The van der Waals surface area contributed by atoms with Gasteiger partial charge in [0.1, 0.15) is 11.6 Å². The summed E-state index contributed by atoms with van der Waals surface area (Å²) >= 11 is 0. The Morgan fingerprint density at radius 2 is 1.86 bits per heavy atom. The summed E-state index contributed by atoms with van der Waals surface area (Å²) < 4.78 is 23.2. The molecule has 0 amide bonds. The van der Waals surface area contributed by atoms with Crippen molar-refractivity contribution in [3.63, 3.8) is 0 Å². The van der Waals surface area contributed by atoms with Crippen molar-refractivity contribution in [2.45, 2.75) is 12.2 Å². The van der Waals surface area contributed by atoms with Crippen molar-refractivity contribution >= 4 is 7.60 Å². The highest BCUT2D eigenvalue weighted by molar-refractivity contribution is 7.52. The smallest absolute Gasteiger partial charge is 0.323 e. The molecule has 0 heterocycles. The first-order valence-corrected chi connectivity index (χ1v) is 5.63. The van der Waals surface area contributed by atoms with Gasteiger partial charge in [-0.1, -0.05) is 12.1 Å². The van der Waals surface area contributed by atoms with Gasteiger partial charge in [0.2, 0.25) is 0 Å². The van der Waals surface area contributed by atoms with Crippen LogP contribution < -0.4 is 5.73 Å². The van der Waals surface area contributed by atoms with Crippen molar-refractivity contribution in [1.82, 2.24) is 0 Å². The molecule has 1 aromatic carbocycles. The molecule has 4 nitrogen and oxygen atoms in total. The summed E-state index contributed by atoms with van der Waals surface area (Å²) in [5.41, 5.74) is 5.86. The number of benzene rings is 1. The fourth-order valence-electron chi connectivity index (χ4n) is 0.981. The van der Waals surface area contributed by atoms with Crippen LogP contribution in [0.1, 0.15) is 5.56 Å². The summed E-state index contributed by atoms with van der Waals surface area (Å²) in [6.07, 6.45) is 0.0323. The number of rotatable bonds is 3. The van der Waals surface area contributed by atoms with Gasteiger partial charge in [-0.3, -0.25) is 4.57 Å². The van der Waals surface area contributed by atoms with E-state index in [9.17, 15) is 8.96 Å². The predicted octanol–water partition coefficient (Wildman–Crippen LogP) is 0.831. The van der Waals surface area contributed by atoms with Gasteiger partial charge in [0.15, 0.2) is 0 Å². The fraction of sp³-hybridized carbons (Fsp3) is 0.250. The third kappa shape index (κ3) is 3.20. The standard InChI is InChI=1S/C8H11FNO3P/c9-7-3-1-6(2-4-7)5-8(10)14(11,12)13/h1-4,8H,5,10H2,(H2,11,12,13)/t8-/m1/s1. The van der Waals surface area contributed by atoms with Crippen LogP contribution in [0, 0.1) is 5.82 Å². The zero-order valence-corrected chi connectivity index (χ0v) is 8.19. The molecule has 4 N–H and O–H groups in total. The van der Waals surface area contributed by atoms with Gasteiger partial charge in [-0.2, -0.15) is 0 Å². The van der Waals surface area contributed by atoms with Gasteiger partial charge in [-0.05, 0) is 24.1 Å². The lowest BCUT2D eigenvalue weighted by Gasteiger charge is -2.12. The Balaban J connectivity index is 2.70. The molecule has 0 radical (unpaired) electrons. The number of hydrogen-bond acceptors (Lipinski definition) is 2. The SMILES string of the molecule is N[C@@H](Cc1ccc(F)cc1)P(=O)(O)O. The molecule has 78 valence electrons. The van der Waals surface area contributed by atoms with Crippen molar-refractivity contribution in [3.8, 4) is 0 Å². The summed E-state index contributed by atoms with van der Waals surface area (Å²) in [6.45, 7) is 0. The van der Waals surface area contributed by atoms with Crippen LogP contribution in [-0.2, 0) is 11.0 Å². The zero-order chi connectivity index (χ0) is 10.8. The van der Waals surface area contributed by atoms with E-state index in [2.05, 4.69) is 0 Å². The molecule has 0 fully saturated rings. The molecule has 1 aromatic rings. The van der Waals surface area contributed by atoms with Crippen LogP contribution in [0.4, 0.5) is 4.39 Å². The average Bonchev–Trinajstić information content (AvgIpc) is 2.07. The minimum Gasteiger partial charge on any atom is -0.323 e. The molecule has 0 aliphatic rings. The van der Waals surface area contributed by atoms with E-state index < -0.39 is 19.2 Å². The van der Waals surface area contributed by atoms with E-state index in [0.29, 0.717) is 5.56 Å². The summed E-state index contributed by atoms with van der Waals surface area (Å²) in [5, 5.41) is 0. The summed E-state index contributed by atoms with van der Waals surface area (Å²) in [6, 6.07) is 5.35. The molecule has 6 heteroatoms. The van der Waals surface area contributed by atoms with E-state index >= 15 is 0 Å². The van der Waals surface area contributed by atoms with Crippen LogP contribution in [0.5, 0.6) is 0 Å². The van der Waals surface area contributed by atoms with Gasteiger partial charge >= 0.3 is 7.60 Å². The molecule has 0 saturated carbocycles. The minimum absolute atomic E-state index is 0.0323. The molecule has 0 aliphatic heterocycles. The first-order valence-electron chi connectivity index (χ1n) is 3.95. The van der Waals surface area contributed by atoms with Crippen LogP contribution in [0.2, 0.25) is 0 Å². The van der Waals surface area contributed by atoms with Crippen molar-refractivity contribution in [3.05, 3.63) is 35.6 Å². The van der Waals surface area contributed by atoms with Gasteiger partial charge < -0.3 is 15.5 Å². The zero-order valence-electron chi connectivity index (χ0n) is 7.30. The Hall–Kier alpha value is -0.740. The van der Waals surface area contributed by atoms with E-state index in [4.69, 9.17) is 15.5 Å². The van der Waals surface area contributed by atoms with Crippen LogP contribution >= 0.6 is 7.60 Å². The third-order valence-electron chi connectivity index (χ3n) is 1.79. The number of halogens is 1. The normalized spacial score (nSPS) is 14.0. The van der Waals surface area contributed by atoms with Crippen molar-refractivity contribution < 1.29 is 18.7 Å². The minimum atomic E-state index is -4.25. The second-order valence-corrected chi connectivity index (χ2v) is 4.83. The molecule has 1 atom stereocenters. The van der Waals surface area contributed by atoms with Gasteiger partial charge in [-0.25, -0.2) is 4.39 Å². The monoisotopic (exact) mass is 219 g/mol. The molecular weight excluding hydrogens is 208 g/mol.